The lowest BCUT2D eigenvalue weighted by Crippen LogP contribution is -2.51. The second-order valence-corrected chi connectivity index (χ2v) is 6.86. The molecule has 1 aromatic rings. The Morgan fingerprint density at radius 2 is 1.96 bits per heavy atom. The summed E-state index contributed by atoms with van der Waals surface area (Å²) < 4.78 is 0. The Morgan fingerprint density at radius 3 is 2.48 bits per heavy atom. The molecule has 1 saturated heterocycles. The first-order valence-electron chi connectivity index (χ1n) is 8.25. The molecule has 144 valence electrons. The van der Waals surface area contributed by atoms with Gasteiger partial charge in [0.2, 0.25) is 12.2 Å². The molecule has 1 heterocycles. The number of nitrogens with one attached hydrogen (secondary N) is 1. The standard InChI is InChI=1S/C17H19Cl2N5O3/c1-23(17(21-10-20)24-7-2-3-8-24)9-13(16(26)27)22-15(25)14-11(18)5-4-6-12(14)19/h4-6,13H,2-3,7-9H2,1H3,(H,22,25)(H,26,27)/t13-/m0/s1. The van der Waals surface area contributed by atoms with Crippen molar-refractivity contribution in [3.63, 3.8) is 0 Å². The normalized spacial score (nSPS) is 15.2. The summed E-state index contributed by atoms with van der Waals surface area (Å²) in [6.45, 7) is 1.40. The first-order valence-corrected chi connectivity index (χ1v) is 9.01. The highest BCUT2D eigenvalue weighted by Gasteiger charge is 2.28. The van der Waals surface area contributed by atoms with Gasteiger partial charge in [0.05, 0.1) is 22.2 Å². The van der Waals surface area contributed by atoms with Crippen LogP contribution in [0.3, 0.4) is 0 Å². The minimum absolute atomic E-state index is 0.0141. The number of nitrogens with zero attached hydrogens (tertiary/aromatic N) is 4. The maximum Gasteiger partial charge on any atom is 0.328 e. The number of guanidine groups is 1. The van der Waals surface area contributed by atoms with Crippen LogP contribution in [-0.4, -0.2) is 65.5 Å². The van der Waals surface area contributed by atoms with Crippen molar-refractivity contribution in [3.8, 4) is 6.19 Å². The third-order valence-corrected chi connectivity index (χ3v) is 4.76. The van der Waals surface area contributed by atoms with Crippen LogP contribution in [0.4, 0.5) is 0 Å². The smallest absolute Gasteiger partial charge is 0.328 e. The van der Waals surface area contributed by atoms with Crippen LogP contribution in [0.5, 0.6) is 0 Å². The highest BCUT2D eigenvalue weighted by molar-refractivity contribution is 6.39. The summed E-state index contributed by atoms with van der Waals surface area (Å²) in [7, 11) is 1.62. The zero-order valence-corrected chi connectivity index (χ0v) is 16.2. The molecule has 0 aliphatic carbocycles. The van der Waals surface area contributed by atoms with Gasteiger partial charge in [0, 0.05) is 20.1 Å². The molecular weight excluding hydrogens is 393 g/mol. The van der Waals surface area contributed by atoms with Gasteiger partial charge >= 0.3 is 5.97 Å². The Kier molecular flexibility index (Phi) is 7.28. The molecule has 1 aliphatic heterocycles. The molecule has 1 aromatic carbocycles. The minimum Gasteiger partial charge on any atom is -0.480 e. The van der Waals surface area contributed by atoms with Gasteiger partial charge in [-0.1, -0.05) is 29.3 Å². The lowest BCUT2D eigenvalue weighted by atomic mass is 10.2. The number of rotatable bonds is 5. The van der Waals surface area contributed by atoms with Crippen molar-refractivity contribution < 1.29 is 14.7 Å². The predicted molar refractivity (Wildman–Crippen MR) is 102 cm³/mol. The summed E-state index contributed by atoms with van der Waals surface area (Å²) in [5.74, 6) is -1.53. The zero-order chi connectivity index (χ0) is 20.0. The van der Waals surface area contributed by atoms with E-state index in [0.717, 1.165) is 25.9 Å². The Labute approximate surface area is 167 Å². The Balaban J connectivity index is 2.15. The monoisotopic (exact) mass is 411 g/mol. The van der Waals surface area contributed by atoms with E-state index >= 15 is 0 Å². The number of carboxylic acid groups (broad SMARTS) is 1. The molecule has 0 radical (unpaired) electrons. The lowest BCUT2D eigenvalue weighted by Gasteiger charge is -2.30. The van der Waals surface area contributed by atoms with Crippen molar-refractivity contribution >= 4 is 41.0 Å². The molecule has 27 heavy (non-hydrogen) atoms. The topological polar surface area (TPSA) is 109 Å². The van der Waals surface area contributed by atoms with Gasteiger partial charge in [-0.15, -0.1) is 4.99 Å². The summed E-state index contributed by atoms with van der Waals surface area (Å²) in [6, 6.07) is 3.33. The predicted octanol–water partition coefficient (Wildman–Crippen LogP) is 2.04. The van der Waals surface area contributed by atoms with Crippen LogP contribution < -0.4 is 5.32 Å². The van der Waals surface area contributed by atoms with Crippen LogP contribution in [-0.2, 0) is 4.79 Å². The maximum absolute atomic E-state index is 12.5. The molecular formula is C17H19Cl2N5O3. The van der Waals surface area contributed by atoms with Crippen LogP contribution >= 0.6 is 23.2 Å². The summed E-state index contributed by atoms with van der Waals surface area (Å²) in [5, 5.41) is 21.1. The molecule has 2 rings (SSSR count). The number of likely N-dealkylation sites (tertiary alicyclic amines) is 1. The molecule has 1 aliphatic rings. The number of amides is 1. The van der Waals surface area contributed by atoms with Crippen molar-refractivity contribution in [2.75, 3.05) is 26.7 Å². The summed E-state index contributed by atoms with van der Waals surface area (Å²) in [5.41, 5.74) is 0.0141. The second-order valence-electron chi connectivity index (χ2n) is 6.05. The van der Waals surface area contributed by atoms with E-state index < -0.39 is 17.9 Å². The van der Waals surface area contributed by atoms with E-state index in [2.05, 4.69) is 10.3 Å². The molecule has 0 saturated carbocycles. The van der Waals surface area contributed by atoms with E-state index in [0.29, 0.717) is 5.96 Å². The van der Waals surface area contributed by atoms with Crippen molar-refractivity contribution in [1.82, 2.24) is 15.1 Å². The number of aliphatic carboxylic acids is 1. The van der Waals surface area contributed by atoms with Crippen molar-refractivity contribution in [3.05, 3.63) is 33.8 Å². The quantitative estimate of drug-likeness (QED) is 0.435. The first kappa shape index (κ1) is 20.8. The third kappa shape index (κ3) is 5.25. The highest BCUT2D eigenvalue weighted by atomic mass is 35.5. The van der Waals surface area contributed by atoms with Crippen LogP contribution in [0.2, 0.25) is 10.0 Å². The van der Waals surface area contributed by atoms with E-state index in [1.165, 1.54) is 12.1 Å². The number of carbonyl (C=O) groups excluding carboxylic acids is 1. The van der Waals surface area contributed by atoms with Crippen LogP contribution in [0.1, 0.15) is 23.2 Å². The lowest BCUT2D eigenvalue weighted by molar-refractivity contribution is -0.139. The van der Waals surface area contributed by atoms with E-state index in [-0.39, 0.29) is 22.2 Å². The number of halogens is 2. The summed E-state index contributed by atoms with van der Waals surface area (Å²) >= 11 is 12.0. The van der Waals surface area contributed by atoms with E-state index in [4.69, 9.17) is 28.5 Å². The van der Waals surface area contributed by atoms with Crippen molar-refractivity contribution in [1.29, 1.82) is 5.26 Å². The van der Waals surface area contributed by atoms with E-state index in [9.17, 15) is 14.7 Å². The molecule has 1 atom stereocenters. The highest BCUT2D eigenvalue weighted by Crippen LogP contribution is 2.24. The Hall–Kier alpha value is -2.50. The Bertz CT molecular complexity index is 767. The summed E-state index contributed by atoms with van der Waals surface area (Å²) in [6.07, 6.45) is 3.69. The largest absolute Gasteiger partial charge is 0.480 e. The molecule has 0 spiro atoms. The van der Waals surface area contributed by atoms with Gasteiger partial charge in [0.15, 0.2) is 0 Å². The van der Waals surface area contributed by atoms with E-state index in [1.54, 1.807) is 24.2 Å². The molecule has 0 aromatic heterocycles. The molecule has 8 nitrogen and oxygen atoms in total. The third-order valence-electron chi connectivity index (χ3n) is 4.13. The summed E-state index contributed by atoms with van der Waals surface area (Å²) in [4.78, 5) is 31.4. The maximum atomic E-state index is 12.5. The van der Waals surface area contributed by atoms with Crippen molar-refractivity contribution in [2.45, 2.75) is 18.9 Å². The van der Waals surface area contributed by atoms with Crippen LogP contribution in [0.15, 0.2) is 23.2 Å². The van der Waals surface area contributed by atoms with Crippen LogP contribution in [0.25, 0.3) is 0 Å². The molecule has 10 heteroatoms. The molecule has 1 amide bonds. The minimum atomic E-state index is -1.25. The number of aliphatic imine (C=N–C) groups is 1. The number of carbonyl (C=O) groups is 2. The number of carboxylic acids is 1. The SMILES string of the molecule is CN(C[C@H](NC(=O)c1c(Cl)cccc1Cl)C(=O)O)C(=NC#N)N1CCCC1. The average Bonchev–Trinajstić information content (AvgIpc) is 3.12. The first-order chi connectivity index (χ1) is 12.8. The van der Waals surface area contributed by atoms with Crippen LogP contribution in [0, 0.1) is 11.5 Å². The van der Waals surface area contributed by atoms with Gasteiger partial charge in [-0.25, -0.2) is 4.79 Å². The molecule has 1 fully saturated rings. The van der Waals surface area contributed by atoms with Gasteiger partial charge in [0.25, 0.3) is 5.91 Å². The molecule has 0 bridgehead atoms. The second kappa shape index (κ2) is 9.44. The van der Waals surface area contributed by atoms with Gasteiger partial charge in [-0.2, -0.15) is 5.26 Å². The van der Waals surface area contributed by atoms with Gasteiger partial charge < -0.3 is 20.2 Å². The van der Waals surface area contributed by atoms with Gasteiger partial charge in [-0.05, 0) is 25.0 Å². The Morgan fingerprint density at radius 1 is 1.37 bits per heavy atom. The number of benzene rings is 1. The molecule has 0 unspecified atom stereocenters. The fourth-order valence-corrected chi connectivity index (χ4v) is 3.41. The fourth-order valence-electron chi connectivity index (χ4n) is 2.85. The van der Waals surface area contributed by atoms with Gasteiger partial charge in [0.1, 0.15) is 6.04 Å². The average molecular weight is 412 g/mol. The number of hydrogen-bond donors (Lipinski definition) is 2. The number of nitriles is 1. The fraction of sp³-hybridized carbons (Fsp3) is 0.412. The number of hydrogen-bond acceptors (Lipinski definition) is 4. The van der Waals surface area contributed by atoms with Crippen molar-refractivity contribution in [2.24, 2.45) is 4.99 Å². The zero-order valence-electron chi connectivity index (χ0n) is 14.7. The van der Waals surface area contributed by atoms with E-state index in [1.807, 2.05) is 4.90 Å². The number of likely N-dealkylation sites (N-methyl/N-ethyl adjacent to an activating group) is 1. The molecule has 2 N–H and O–H groups in total. The van der Waals surface area contributed by atoms with Gasteiger partial charge in [-0.3, -0.25) is 4.79 Å².